The average Bonchev–Trinajstić information content (AvgIpc) is 2.85. The van der Waals surface area contributed by atoms with Crippen molar-refractivity contribution in [2.24, 2.45) is 0 Å². The highest BCUT2D eigenvalue weighted by atomic mass is 35.5. The molecule has 1 saturated carbocycles. The van der Waals surface area contributed by atoms with E-state index in [1.54, 1.807) is 0 Å². The zero-order valence-electron chi connectivity index (χ0n) is 17.0. The number of nitrogens with one attached hydrogen (secondary N) is 2. The van der Waals surface area contributed by atoms with Gasteiger partial charge in [-0.05, 0) is 50.5 Å². The van der Waals surface area contributed by atoms with E-state index in [0.717, 1.165) is 30.0 Å². The summed E-state index contributed by atoms with van der Waals surface area (Å²) in [5.74, 6) is -0.00432. The van der Waals surface area contributed by atoms with E-state index in [2.05, 4.69) is 28.7 Å². The van der Waals surface area contributed by atoms with E-state index in [1.165, 1.54) is 38.5 Å². The summed E-state index contributed by atoms with van der Waals surface area (Å²) in [6.07, 6.45) is 7.92. The number of hydrogen-bond donors (Lipinski definition) is 2. The first kappa shape index (κ1) is 22.4. The molecule has 154 valence electrons. The molecule has 1 aliphatic carbocycles. The van der Waals surface area contributed by atoms with Crippen molar-refractivity contribution < 1.29 is 4.79 Å². The fourth-order valence-electron chi connectivity index (χ4n) is 3.81. The molecule has 0 saturated heterocycles. The average molecular weight is 405 g/mol. The molecule has 0 radical (unpaired) electrons. The van der Waals surface area contributed by atoms with Crippen LogP contribution in [0.1, 0.15) is 65.8 Å². The lowest BCUT2D eigenvalue weighted by Crippen LogP contribution is -2.36. The molecule has 2 N–H and O–H groups in total. The predicted octanol–water partition coefficient (Wildman–Crippen LogP) is 4.01. The third-order valence-corrected chi connectivity index (χ3v) is 5.35. The van der Waals surface area contributed by atoms with Crippen molar-refractivity contribution in [1.82, 2.24) is 20.4 Å². The molecule has 1 aliphatic rings. The SMILES string of the molecule is Cc1cc(C)n(Cc2ccc(C(=O)NCCNC3CCCCCC3)cc2)n1.Cl. The number of amides is 1. The van der Waals surface area contributed by atoms with E-state index in [0.29, 0.717) is 18.2 Å². The van der Waals surface area contributed by atoms with Gasteiger partial charge in [-0.25, -0.2) is 0 Å². The normalized spacial score (nSPS) is 14.9. The second-order valence-corrected chi connectivity index (χ2v) is 7.68. The van der Waals surface area contributed by atoms with Gasteiger partial charge in [0.2, 0.25) is 0 Å². The van der Waals surface area contributed by atoms with Crippen LogP contribution >= 0.6 is 12.4 Å². The Morgan fingerprint density at radius 2 is 1.75 bits per heavy atom. The third-order valence-electron chi connectivity index (χ3n) is 5.35. The Balaban J connectivity index is 0.00000280. The predicted molar refractivity (Wildman–Crippen MR) is 116 cm³/mol. The van der Waals surface area contributed by atoms with Crippen molar-refractivity contribution >= 4 is 18.3 Å². The molecule has 2 aromatic rings. The zero-order chi connectivity index (χ0) is 19.1. The molecule has 3 rings (SSSR count). The Morgan fingerprint density at radius 1 is 1.07 bits per heavy atom. The van der Waals surface area contributed by atoms with E-state index in [4.69, 9.17) is 0 Å². The Labute approximate surface area is 174 Å². The highest BCUT2D eigenvalue weighted by Gasteiger charge is 2.11. The van der Waals surface area contributed by atoms with E-state index in [1.807, 2.05) is 35.9 Å². The minimum atomic E-state index is -0.00432. The lowest BCUT2D eigenvalue weighted by atomic mass is 10.1. The lowest BCUT2D eigenvalue weighted by Gasteiger charge is -2.16. The Morgan fingerprint density at radius 3 is 2.36 bits per heavy atom. The maximum atomic E-state index is 12.3. The molecule has 1 heterocycles. The highest BCUT2D eigenvalue weighted by molar-refractivity contribution is 5.94. The summed E-state index contributed by atoms with van der Waals surface area (Å²) < 4.78 is 1.99. The molecule has 0 unspecified atom stereocenters. The van der Waals surface area contributed by atoms with Crippen molar-refractivity contribution in [3.05, 3.63) is 52.8 Å². The van der Waals surface area contributed by atoms with Crippen LogP contribution in [0.5, 0.6) is 0 Å². The summed E-state index contributed by atoms with van der Waals surface area (Å²) in [6, 6.07) is 10.5. The van der Waals surface area contributed by atoms with Gasteiger partial charge >= 0.3 is 0 Å². The topological polar surface area (TPSA) is 59.0 Å². The molecule has 0 spiro atoms. The van der Waals surface area contributed by atoms with Gasteiger partial charge < -0.3 is 10.6 Å². The molecular weight excluding hydrogens is 372 g/mol. The smallest absolute Gasteiger partial charge is 0.251 e. The van der Waals surface area contributed by atoms with Crippen LogP contribution in [0, 0.1) is 13.8 Å². The van der Waals surface area contributed by atoms with Gasteiger partial charge in [0.1, 0.15) is 0 Å². The maximum Gasteiger partial charge on any atom is 0.251 e. The number of halogens is 1. The minimum absolute atomic E-state index is 0. The first-order chi connectivity index (χ1) is 13.1. The standard InChI is InChI=1S/C22H32N4O.ClH/c1-17-15-18(2)26(25-17)16-19-9-11-20(12-10-19)22(27)24-14-13-23-21-7-5-3-4-6-8-21;/h9-12,15,21,23H,3-8,13-14,16H2,1-2H3,(H,24,27);1H. The molecule has 1 fully saturated rings. The van der Waals surface area contributed by atoms with Gasteiger partial charge in [0.25, 0.3) is 5.91 Å². The van der Waals surface area contributed by atoms with Gasteiger partial charge in [0.15, 0.2) is 0 Å². The monoisotopic (exact) mass is 404 g/mol. The molecule has 28 heavy (non-hydrogen) atoms. The molecule has 1 aromatic carbocycles. The van der Waals surface area contributed by atoms with Crippen LogP contribution in [0.4, 0.5) is 0 Å². The first-order valence-electron chi connectivity index (χ1n) is 10.2. The van der Waals surface area contributed by atoms with E-state index in [9.17, 15) is 4.79 Å². The minimum Gasteiger partial charge on any atom is -0.351 e. The Kier molecular flexibility index (Phi) is 9.00. The van der Waals surface area contributed by atoms with Gasteiger partial charge in [0, 0.05) is 30.4 Å². The molecule has 0 aliphatic heterocycles. The second-order valence-electron chi connectivity index (χ2n) is 7.68. The quantitative estimate of drug-likeness (QED) is 0.541. The first-order valence-corrected chi connectivity index (χ1v) is 10.2. The molecule has 0 atom stereocenters. The second kappa shape index (κ2) is 11.2. The summed E-state index contributed by atoms with van der Waals surface area (Å²) in [4.78, 5) is 12.3. The molecular formula is C22H33ClN4O. The summed E-state index contributed by atoms with van der Waals surface area (Å²) in [5.41, 5.74) is 4.03. The van der Waals surface area contributed by atoms with E-state index < -0.39 is 0 Å². The number of aromatic nitrogens is 2. The van der Waals surface area contributed by atoms with Crippen LogP contribution in [-0.2, 0) is 6.54 Å². The summed E-state index contributed by atoms with van der Waals surface area (Å²) >= 11 is 0. The van der Waals surface area contributed by atoms with Crippen LogP contribution in [0.2, 0.25) is 0 Å². The number of rotatable bonds is 7. The Bertz CT molecular complexity index is 733. The Hall–Kier alpha value is -1.85. The van der Waals surface area contributed by atoms with Crippen LogP contribution in [0.15, 0.2) is 30.3 Å². The van der Waals surface area contributed by atoms with Gasteiger partial charge in [-0.2, -0.15) is 5.10 Å². The number of nitrogens with zero attached hydrogens (tertiary/aromatic N) is 2. The van der Waals surface area contributed by atoms with Crippen molar-refractivity contribution in [3.8, 4) is 0 Å². The zero-order valence-corrected chi connectivity index (χ0v) is 17.9. The largest absolute Gasteiger partial charge is 0.351 e. The fraction of sp³-hybridized carbons (Fsp3) is 0.545. The van der Waals surface area contributed by atoms with Gasteiger partial charge in [-0.15, -0.1) is 12.4 Å². The lowest BCUT2D eigenvalue weighted by molar-refractivity contribution is 0.0953. The third kappa shape index (κ3) is 6.64. The number of carbonyl (C=O) groups excluding carboxylic acids is 1. The van der Waals surface area contributed by atoms with Gasteiger partial charge in [-0.3, -0.25) is 9.48 Å². The summed E-state index contributed by atoms with van der Waals surface area (Å²) in [7, 11) is 0. The van der Waals surface area contributed by atoms with Crippen LogP contribution in [-0.4, -0.2) is 34.8 Å². The number of aryl methyl sites for hydroxylation is 2. The van der Waals surface area contributed by atoms with Crippen LogP contribution in [0.25, 0.3) is 0 Å². The maximum absolute atomic E-state index is 12.3. The molecule has 1 aromatic heterocycles. The van der Waals surface area contributed by atoms with Crippen molar-refractivity contribution in [2.45, 2.75) is 65.0 Å². The van der Waals surface area contributed by atoms with Crippen molar-refractivity contribution in [2.75, 3.05) is 13.1 Å². The van der Waals surface area contributed by atoms with Crippen molar-refractivity contribution in [3.63, 3.8) is 0 Å². The number of benzene rings is 1. The van der Waals surface area contributed by atoms with Crippen molar-refractivity contribution in [1.29, 1.82) is 0 Å². The molecule has 1 amide bonds. The summed E-state index contributed by atoms with van der Waals surface area (Å²) in [5, 5.41) is 11.1. The van der Waals surface area contributed by atoms with Crippen LogP contribution in [0.3, 0.4) is 0 Å². The fourth-order valence-corrected chi connectivity index (χ4v) is 3.81. The molecule has 0 bridgehead atoms. The van der Waals surface area contributed by atoms with Gasteiger partial charge in [-0.1, -0.05) is 37.8 Å². The molecule has 5 nitrogen and oxygen atoms in total. The summed E-state index contributed by atoms with van der Waals surface area (Å²) in [6.45, 7) is 6.30. The highest BCUT2D eigenvalue weighted by Crippen LogP contribution is 2.16. The van der Waals surface area contributed by atoms with E-state index in [-0.39, 0.29) is 18.3 Å². The van der Waals surface area contributed by atoms with Gasteiger partial charge in [0.05, 0.1) is 12.2 Å². The number of hydrogen-bond acceptors (Lipinski definition) is 3. The molecule has 6 heteroatoms. The van der Waals surface area contributed by atoms with Crippen LogP contribution < -0.4 is 10.6 Å². The number of carbonyl (C=O) groups is 1. The van der Waals surface area contributed by atoms with E-state index >= 15 is 0 Å².